The molecule has 0 radical (unpaired) electrons. The molecule has 0 spiro atoms. The monoisotopic (exact) mass is 416 g/mol. The minimum Gasteiger partial charge on any atom is -0.328 e. The summed E-state index contributed by atoms with van der Waals surface area (Å²) in [5.41, 5.74) is 0. The Morgan fingerprint density at radius 1 is 0.357 bits per heavy atom. The first kappa shape index (κ1) is 30.5. The quantitative estimate of drug-likeness (QED) is 0.122. The summed E-state index contributed by atoms with van der Waals surface area (Å²) in [5, 5.41) is 0. The Hall–Kier alpha value is 0.310. The molecular weight excluding hydrogens is 358 g/mol. The van der Waals surface area contributed by atoms with Crippen LogP contribution in [0.2, 0.25) is 0 Å². The van der Waals surface area contributed by atoms with Gasteiger partial charge in [0, 0.05) is 0 Å². The minimum atomic E-state index is 0. The maximum atomic E-state index is 2.45. The van der Waals surface area contributed by atoms with Gasteiger partial charge in [0.25, 0.3) is 0 Å². The summed E-state index contributed by atoms with van der Waals surface area (Å²) in [6.45, 7) is 7.37. The molecule has 0 aromatic rings. The van der Waals surface area contributed by atoms with E-state index >= 15 is 0 Å². The number of rotatable bonds is 22. The highest BCUT2D eigenvalue weighted by Gasteiger charge is 2.13. The maximum Gasteiger partial charge on any atom is 0.0782 e. The fourth-order valence-electron chi connectivity index (χ4n) is 4.17. The second-order valence-corrected chi connectivity index (χ2v) is 9.75. The standard InChI is InChI=1S/C26H56N.H2S/c1-5-7-9-11-13-15-17-19-21-23-25-27(3,4)26-24-22-20-18-16-14-12-10-8-6-2;/h5-26H2,1-4H3;1H2/q+1;. The highest BCUT2D eigenvalue weighted by molar-refractivity contribution is 7.59. The lowest BCUT2D eigenvalue weighted by Crippen LogP contribution is -2.41. The Bertz CT molecular complexity index is 252. The highest BCUT2D eigenvalue weighted by Crippen LogP contribution is 2.14. The molecular formula is C26H58NS+. The molecule has 2 heteroatoms. The lowest BCUT2D eigenvalue weighted by atomic mass is 10.1. The van der Waals surface area contributed by atoms with Crippen LogP contribution in [0, 0.1) is 0 Å². The molecule has 0 saturated heterocycles. The smallest absolute Gasteiger partial charge is 0.0782 e. The summed E-state index contributed by atoms with van der Waals surface area (Å²) in [7, 11) is 4.89. The Morgan fingerprint density at radius 3 is 0.821 bits per heavy atom. The molecule has 0 saturated carbocycles. The summed E-state index contributed by atoms with van der Waals surface area (Å²) in [6.07, 6.45) is 29.0. The first-order valence-electron chi connectivity index (χ1n) is 12.9. The van der Waals surface area contributed by atoms with E-state index in [2.05, 4.69) is 27.9 Å². The van der Waals surface area contributed by atoms with Crippen LogP contribution in [0.3, 0.4) is 0 Å². The molecule has 28 heavy (non-hydrogen) atoms. The van der Waals surface area contributed by atoms with Crippen LogP contribution >= 0.6 is 13.5 Å². The molecule has 0 amide bonds. The van der Waals surface area contributed by atoms with Crippen LogP contribution in [0.5, 0.6) is 0 Å². The zero-order chi connectivity index (χ0) is 20.1. The van der Waals surface area contributed by atoms with E-state index in [0.717, 1.165) is 0 Å². The van der Waals surface area contributed by atoms with E-state index in [1.54, 1.807) is 0 Å². The normalized spacial score (nSPS) is 11.6. The van der Waals surface area contributed by atoms with Gasteiger partial charge in [-0.05, 0) is 25.7 Å². The van der Waals surface area contributed by atoms with Crippen molar-refractivity contribution in [3.63, 3.8) is 0 Å². The molecule has 0 bridgehead atoms. The second-order valence-electron chi connectivity index (χ2n) is 9.75. The van der Waals surface area contributed by atoms with Crippen molar-refractivity contribution in [1.82, 2.24) is 0 Å². The Labute approximate surface area is 187 Å². The average Bonchev–Trinajstić information content (AvgIpc) is 2.64. The molecule has 0 aromatic carbocycles. The van der Waals surface area contributed by atoms with Gasteiger partial charge in [0.05, 0.1) is 27.2 Å². The van der Waals surface area contributed by atoms with Crippen LogP contribution in [-0.2, 0) is 0 Å². The van der Waals surface area contributed by atoms with Crippen molar-refractivity contribution in [3.05, 3.63) is 0 Å². The van der Waals surface area contributed by atoms with Gasteiger partial charge in [-0.2, -0.15) is 13.5 Å². The molecule has 0 unspecified atom stereocenters. The van der Waals surface area contributed by atoms with Crippen LogP contribution in [0.25, 0.3) is 0 Å². The summed E-state index contributed by atoms with van der Waals surface area (Å²) in [5.74, 6) is 0. The van der Waals surface area contributed by atoms with Gasteiger partial charge in [-0.1, -0.05) is 117 Å². The van der Waals surface area contributed by atoms with Crippen LogP contribution in [0.1, 0.15) is 142 Å². The minimum absolute atomic E-state index is 0. The summed E-state index contributed by atoms with van der Waals surface area (Å²) < 4.78 is 1.24. The van der Waals surface area contributed by atoms with E-state index in [1.807, 2.05) is 0 Å². The van der Waals surface area contributed by atoms with Crippen molar-refractivity contribution in [2.45, 2.75) is 142 Å². The first-order chi connectivity index (χ1) is 13.1. The summed E-state index contributed by atoms with van der Waals surface area (Å²) >= 11 is 0. The predicted octanol–water partition coefficient (Wildman–Crippen LogP) is 9.02. The van der Waals surface area contributed by atoms with Gasteiger partial charge in [-0.15, -0.1) is 0 Å². The fraction of sp³-hybridized carbons (Fsp3) is 1.00. The van der Waals surface area contributed by atoms with Gasteiger partial charge >= 0.3 is 0 Å². The number of unbranched alkanes of at least 4 members (excludes halogenated alkanes) is 18. The fourth-order valence-corrected chi connectivity index (χ4v) is 4.17. The number of quaternary nitrogens is 1. The van der Waals surface area contributed by atoms with Gasteiger partial charge in [0.15, 0.2) is 0 Å². The molecule has 0 aliphatic carbocycles. The molecule has 0 fully saturated rings. The molecule has 0 aliphatic heterocycles. The molecule has 0 aliphatic rings. The molecule has 0 atom stereocenters. The summed E-state index contributed by atoms with van der Waals surface area (Å²) in [6, 6.07) is 0. The average molecular weight is 417 g/mol. The van der Waals surface area contributed by atoms with Crippen LogP contribution in [0.4, 0.5) is 0 Å². The van der Waals surface area contributed by atoms with Crippen molar-refractivity contribution < 1.29 is 4.48 Å². The Kier molecular flexibility index (Phi) is 25.7. The third-order valence-electron chi connectivity index (χ3n) is 6.23. The third kappa shape index (κ3) is 24.3. The van der Waals surface area contributed by atoms with Crippen molar-refractivity contribution in [3.8, 4) is 0 Å². The lowest BCUT2D eigenvalue weighted by molar-refractivity contribution is -0.890. The van der Waals surface area contributed by atoms with Crippen LogP contribution < -0.4 is 0 Å². The molecule has 0 N–H and O–H groups in total. The second kappa shape index (κ2) is 23.6. The molecule has 0 aromatic heterocycles. The topological polar surface area (TPSA) is 0 Å². The Balaban J connectivity index is 0. The third-order valence-corrected chi connectivity index (χ3v) is 6.23. The number of hydrogen-bond donors (Lipinski definition) is 0. The number of nitrogens with zero attached hydrogens (tertiary/aromatic N) is 1. The molecule has 172 valence electrons. The van der Waals surface area contributed by atoms with E-state index in [1.165, 1.54) is 146 Å². The van der Waals surface area contributed by atoms with Crippen LogP contribution in [0.15, 0.2) is 0 Å². The van der Waals surface area contributed by atoms with E-state index < -0.39 is 0 Å². The van der Waals surface area contributed by atoms with E-state index in [-0.39, 0.29) is 13.5 Å². The van der Waals surface area contributed by atoms with Gasteiger partial charge in [-0.25, -0.2) is 0 Å². The molecule has 0 rings (SSSR count). The van der Waals surface area contributed by atoms with E-state index in [9.17, 15) is 0 Å². The Morgan fingerprint density at radius 2 is 0.571 bits per heavy atom. The SMILES string of the molecule is CCCCCCCCCCCC[N+](C)(C)CCCCCCCCCCCC.S. The largest absolute Gasteiger partial charge is 0.328 e. The van der Waals surface area contributed by atoms with Crippen molar-refractivity contribution in [1.29, 1.82) is 0 Å². The van der Waals surface area contributed by atoms with E-state index in [4.69, 9.17) is 0 Å². The number of hydrogen-bond acceptors (Lipinski definition) is 0. The van der Waals surface area contributed by atoms with Crippen molar-refractivity contribution >= 4 is 13.5 Å². The van der Waals surface area contributed by atoms with Gasteiger partial charge in [-0.3, -0.25) is 0 Å². The molecule has 1 nitrogen and oxygen atoms in total. The van der Waals surface area contributed by atoms with Crippen molar-refractivity contribution in [2.75, 3.05) is 27.2 Å². The maximum absolute atomic E-state index is 2.45. The van der Waals surface area contributed by atoms with Gasteiger partial charge in [0.2, 0.25) is 0 Å². The van der Waals surface area contributed by atoms with Crippen LogP contribution in [-0.4, -0.2) is 31.7 Å². The first-order valence-corrected chi connectivity index (χ1v) is 12.9. The highest BCUT2D eigenvalue weighted by atomic mass is 32.1. The van der Waals surface area contributed by atoms with Gasteiger partial charge in [0.1, 0.15) is 0 Å². The summed E-state index contributed by atoms with van der Waals surface area (Å²) in [4.78, 5) is 0. The lowest BCUT2D eigenvalue weighted by Gasteiger charge is -2.30. The predicted molar refractivity (Wildman–Crippen MR) is 136 cm³/mol. The molecule has 0 heterocycles. The zero-order valence-corrected chi connectivity index (χ0v) is 21.5. The van der Waals surface area contributed by atoms with Gasteiger partial charge < -0.3 is 4.48 Å². The van der Waals surface area contributed by atoms with Crippen molar-refractivity contribution in [2.24, 2.45) is 0 Å². The zero-order valence-electron chi connectivity index (χ0n) is 20.5. The van der Waals surface area contributed by atoms with E-state index in [0.29, 0.717) is 0 Å².